The Labute approximate surface area is 76.7 Å². The van der Waals surface area contributed by atoms with Crippen molar-refractivity contribution in [2.75, 3.05) is 13.7 Å². The molecule has 66 valence electrons. The monoisotopic (exact) mass is 186 g/mol. The Morgan fingerprint density at radius 1 is 1.67 bits per heavy atom. The van der Waals surface area contributed by atoms with Crippen molar-refractivity contribution in [1.29, 1.82) is 0 Å². The van der Waals surface area contributed by atoms with Crippen LogP contribution in [0.25, 0.3) is 0 Å². The molecule has 0 fully saturated rings. The lowest BCUT2D eigenvalue weighted by Crippen LogP contribution is -2.06. The van der Waals surface area contributed by atoms with Crippen molar-refractivity contribution in [1.82, 2.24) is 9.97 Å². The molecule has 0 bridgehead atoms. The van der Waals surface area contributed by atoms with Crippen LogP contribution in [0.2, 0.25) is 5.15 Å². The van der Waals surface area contributed by atoms with Crippen LogP contribution in [0.1, 0.15) is 18.7 Å². The first kappa shape index (κ1) is 9.42. The second-order valence-corrected chi connectivity index (χ2v) is 2.98. The molecule has 4 heteroatoms. The molecule has 1 rings (SSSR count). The minimum atomic E-state index is 0.189. The number of rotatable bonds is 3. The summed E-state index contributed by atoms with van der Waals surface area (Å²) in [6.07, 6.45) is 1.65. The Balaban J connectivity index is 2.73. The molecule has 1 aromatic rings. The standard InChI is InChI=1S/C8H11ClN2O/c1-6(5-12-2)8-10-4-3-7(9)11-8/h3-4,6H,5H2,1-2H3. The van der Waals surface area contributed by atoms with Gasteiger partial charge in [0, 0.05) is 19.2 Å². The molecule has 1 heterocycles. The third kappa shape index (κ3) is 2.43. The van der Waals surface area contributed by atoms with Crippen LogP contribution in [0.3, 0.4) is 0 Å². The average Bonchev–Trinajstić information content (AvgIpc) is 2.05. The van der Waals surface area contributed by atoms with Crippen molar-refractivity contribution in [3.8, 4) is 0 Å². The summed E-state index contributed by atoms with van der Waals surface area (Å²) in [6.45, 7) is 2.61. The number of ether oxygens (including phenoxy) is 1. The topological polar surface area (TPSA) is 35.0 Å². The van der Waals surface area contributed by atoms with Crippen LogP contribution in [-0.2, 0) is 4.74 Å². The second kappa shape index (κ2) is 4.38. The number of hydrogen-bond acceptors (Lipinski definition) is 3. The van der Waals surface area contributed by atoms with Gasteiger partial charge in [0.05, 0.1) is 6.61 Å². The van der Waals surface area contributed by atoms with Crippen LogP contribution in [0.4, 0.5) is 0 Å². The molecule has 1 aromatic heterocycles. The maximum Gasteiger partial charge on any atom is 0.135 e. The Morgan fingerprint density at radius 3 is 3.00 bits per heavy atom. The van der Waals surface area contributed by atoms with E-state index in [1.807, 2.05) is 6.92 Å². The Hall–Kier alpha value is -0.670. The average molecular weight is 187 g/mol. The zero-order valence-electron chi connectivity index (χ0n) is 7.12. The molecule has 0 aromatic carbocycles. The maximum absolute atomic E-state index is 5.70. The van der Waals surface area contributed by atoms with E-state index in [1.54, 1.807) is 19.4 Å². The van der Waals surface area contributed by atoms with Gasteiger partial charge in [0.1, 0.15) is 11.0 Å². The Bertz CT molecular complexity index is 255. The second-order valence-electron chi connectivity index (χ2n) is 2.59. The molecular formula is C8H11ClN2O. The highest BCUT2D eigenvalue weighted by atomic mass is 35.5. The van der Waals surface area contributed by atoms with Crippen LogP contribution in [0.15, 0.2) is 12.3 Å². The quantitative estimate of drug-likeness (QED) is 0.677. The molecule has 0 aliphatic heterocycles. The predicted octanol–water partition coefficient (Wildman–Crippen LogP) is 1.88. The van der Waals surface area contributed by atoms with E-state index in [-0.39, 0.29) is 5.92 Å². The van der Waals surface area contributed by atoms with Crippen LogP contribution in [0, 0.1) is 0 Å². The third-order valence-corrected chi connectivity index (χ3v) is 1.71. The predicted molar refractivity (Wildman–Crippen MR) is 47.3 cm³/mol. The van der Waals surface area contributed by atoms with E-state index in [1.165, 1.54) is 0 Å². The first-order chi connectivity index (χ1) is 5.74. The van der Waals surface area contributed by atoms with Crippen molar-refractivity contribution < 1.29 is 4.74 Å². The summed E-state index contributed by atoms with van der Waals surface area (Å²) >= 11 is 5.70. The molecule has 3 nitrogen and oxygen atoms in total. The van der Waals surface area contributed by atoms with Gasteiger partial charge in [0.25, 0.3) is 0 Å². The van der Waals surface area contributed by atoms with Crippen LogP contribution in [-0.4, -0.2) is 23.7 Å². The lowest BCUT2D eigenvalue weighted by molar-refractivity contribution is 0.181. The summed E-state index contributed by atoms with van der Waals surface area (Å²) in [6, 6.07) is 1.66. The van der Waals surface area contributed by atoms with Gasteiger partial charge in [-0.2, -0.15) is 0 Å². The minimum Gasteiger partial charge on any atom is -0.384 e. The van der Waals surface area contributed by atoms with E-state index in [0.717, 1.165) is 5.82 Å². The van der Waals surface area contributed by atoms with Gasteiger partial charge < -0.3 is 4.74 Å². The fraction of sp³-hybridized carbons (Fsp3) is 0.500. The normalized spacial score (nSPS) is 12.9. The van der Waals surface area contributed by atoms with E-state index >= 15 is 0 Å². The van der Waals surface area contributed by atoms with E-state index in [4.69, 9.17) is 16.3 Å². The molecule has 1 unspecified atom stereocenters. The molecule has 1 atom stereocenters. The van der Waals surface area contributed by atoms with E-state index in [9.17, 15) is 0 Å². The largest absolute Gasteiger partial charge is 0.384 e. The van der Waals surface area contributed by atoms with Gasteiger partial charge in [-0.3, -0.25) is 0 Å². The van der Waals surface area contributed by atoms with Crippen molar-refractivity contribution in [3.05, 3.63) is 23.2 Å². The van der Waals surface area contributed by atoms with E-state index in [0.29, 0.717) is 11.8 Å². The molecule has 0 saturated heterocycles. The number of halogens is 1. The Kier molecular flexibility index (Phi) is 3.44. The van der Waals surface area contributed by atoms with Crippen LogP contribution >= 0.6 is 11.6 Å². The molecule has 0 radical (unpaired) electrons. The molecule has 0 saturated carbocycles. The summed E-state index contributed by atoms with van der Waals surface area (Å²) in [5.41, 5.74) is 0. The lowest BCUT2D eigenvalue weighted by Gasteiger charge is -2.07. The molecule has 12 heavy (non-hydrogen) atoms. The SMILES string of the molecule is COCC(C)c1nccc(Cl)n1. The maximum atomic E-state index is 5.70. The smallest absolute Gasteiger partial charge is 0.135 e. The van der Waals surface area contributed by atoms with Gasteiger partial charge in [-0.05, 0) is 6.07 Å². The van der Waals surface area contributed by atoms with E-state index in [2.05, 4.69) is 9.97 Å². The highest BCUT2D eigenvalue weighted by Crippen LogP contribution is 2.11. The summed E-state index contributed by atoms with van der Waals surface area (Å²) in [7, 11) is 1.65. The number of methoxy groups -OCH3 is 1. The van der Waals surface area contributed by atoms with Gasteiger partial charge in [0.15, 0.2) is 0 Å². The summed E-state index contributed by atoms with van der Waals surface area (Å²) in [4.78, 5) is 8.15. The molecule has 0 aliphatic rings. The Morgan fingerprint density at radius 2 is 2.42 bits per heavy atom. The van der Waals surface area contributed by atoms with Crippen molar-refractivity contribution in [2.24, 2.45) is 0 Å². The summed E-state index contributed by atoms with van der Waals surface area (Å²) in [5, 5.41) is 0.475. The van der Waals surface area contributed by atoms with Gasteiger partial charge in [-0.25, -0.2) is 9.97 Å². The number of aromatic nitrogens is 2. The third-order valence-electron chi connectivity index (χ3n) is 1.50. The summed E-state index contributed by atoms with van der Waals surface area (Å²) in [5.74, 6) is 0.915. The van der Waals surface area contributed by atoms with Gasteiger partial charge in [-0.1, -0.05) is 18.5 Å². The molecule has 0 spiro atoms. The van der Waals surface area contributed by atoms with Crippen molar-refractivity contribution >= 4 is 11.6 Å². The summed E-state index contributed by atoms with van der Waals surface area (Å²) < 4.78 is 4.97. The molecule has 0 N–H and O–H groups in total. The fourth-order valence-electron chi connectivity index (χ4n) is 0.913. The van der Waals surface area contributed by atoms with Crippen LogP contribution < -0.4 is 0 Å². The zero-order valence-corrected chi connectivity index (χ0v) is 7.88. The lowest BCUT2D eigenvalue weighted by atomic mass is 10.2. The van der Waals surface area contributed by atoms with Crippen molar-refractivity contribution in [2.45, 2.75) is 12.8 Å². The highest BCUT2D eigenvalue weighted by molar-refractivity contribution is 6.29. The molecule has 0 aliphatic carbocycles. The van der Waals surface area contributed by atoms with E-state index < -0.39 is 0 Å². The molecular weight excluding hydrogens is 176 g/mol. The minimum absolute atomic E-state index is 0.189. The first-order valence-electron chi connectivity index (χ1n) is 3.71. The van der Waals surface area contributed by atoms with Crippen molar-refractivity contribution in [3.63, 3.8) is 0 Å². The molecule has 0 amide bonds. The number of hydrogen-bond donors (Lipinski definition) is 0. The highest BCUT2D eigenvalue weighted by Gasteiger charge is 2.07. The van der Waals surface area contributed by atoms with Gasteiger partial charge in [-0.15, -0.1) is 0 Å². The fourth-order valence-corrected chi connectivity index (χ4v) is 1.06. The van der Waals surface area contributed by atoms with Gasteiger partial charge >= 0.3 is 0 Å². The first-order valence-corrected chi connectivity index (χ1v) is 4.09. The van der Waals surface area contributed by atoms with Crippen LogP contribution in [0.5, 0.6) is 0 Å². The zero-order chi connectivity index (χ0) is 8.97. The van der Waals surface area contributed by atoms with Gasteiger partial charge in [0.2, 0.25) is 0 Å². The number of nitrogens with zero attached hydrogens (tertiary/aromatic N) is 2.